The Morgan fingerprint density at radius 3 is 2.57 bits per heavy atom. The molecule has 0 fully saturated rings. The minimum absolute atomic E-state index is 0.0515. The van der Waals surface area contributed by atoms with Crippen LogP contribution < -0.4 is 5.73 Å². The summed E-state index contributed by atoms with van der Waals surface area (Å²) >= 11 is 5.88. The second-order valence-corrected chi connectivity index (χ2v) is 4.22. The summed E-state index contributed by atoms with van der Waals surface area (Å²) in [5.41, 5.74) is 6.38. The van der Waals surface area contributed by atoms with Gasteiger partial charge in [-0.1, -0.05) is 31.5 Å². The molecule has 0 heterocycles. The van der Waals surface area contributed by atoms with Crippen molar-refractivity contribution in [2.24, 2.45) is 11.7 Å². The van der Waals surface area contributed by atoms with Crippen molar-refractivity contribution in [2.45, 2.75) is 26.3 Å². The van der Waals surface area contributed by atoms with Crippen molar-refractivity contribution in [1.82, 2.24) is 0 Å². The highest BCUT2D eigenvalue weighted by atomic mass is 35.5. The first-order valence-corrected chi connectivity index (χ1v) is 5.08. The average molecular weight is 216 g/mol. The SMILES string of the molecule is CC(C)C(N)Cc1c(F)cccc1Cl. The van der Waals surface area contributed by atoms with Gasteiger partial charge >= 0.3 is 0 Å². The van der Waals surface area contributed by atoms with E-state index in [0.29, 0.717) is 22.9 Å². The van der Waals surface area contributed by atoms with Gasteiger partial charge in [0.15, 0.2) is 0 Å². The Hall–Kier alpha value is -0.600. The normalized spacial score (nSPS) is 13.3. The average Bonchev–Trinajstić information content (AvgIpc) is 2.11. The van der Waals surface area contributed by atoms with Crippen molar-refractivity contribution in [3.8, 4) is 0 Å². The smallest absolute Gasteiger partial charge is 0.127 e. The molecule has 3 heteroatoms. The van der Waals surface area contributed by atoms with Gasteiger partial charge in [-0.2, -0.15) is 0 Å². The molecule has 1 aromatic carbocycles. The second kappa shape index (κ2) is 4.76. The maximum Gasteiger partial charge on any atom is 0.127 e. The lowest BCUT2D eigenvalue weighted by molar-refractivity contribution is 0.480. The second-order valence-electron chi connectivity index (χ2n) is 3.81. The van der Waals surface area contributed by atoms with E-state index >= 15 is 0 Å². The van der Waals surface area contributed by atoms with E-state index in [9.17, 15) is 4.39 Å². The zero-order chi connectivity index (χ0) is 10.7. The van der Waals surface area contributed by atoms with Crippen molar-refractivity contribution in [2.75, 3.05) is 0 Å². The van der Waals surface area contributed by atoms with Crippen LogP contribution in [0.2, 0.25) is 5.02 Å². The van der Waals surface area contributed by atoms with Crippen LogP contribution in [-0.2, 0) is 6.42 Å². The summed E-state index contributed by atoms with van der Waals surface area (Å²) in [6.45, 7) is 4.03. The molecule has 0 aromatic heterocycles. The number of hydrogen-bond donors (Lipinski definition) is 1. The van der Waals surface area contributed by atoms with Crippen LogP contribution in [-0.4, -0.2) is 6.04 Å². The van der Waals surface area contributed by atoms with Crippen molar-refractivity contribution in [3.63, 3.8) is 0 Å². The minimum Gasteiger partial charge on any atom is -0.327 e. The van der Waals surface area contributed by atoms with E-state index in [1.807, 2.05) is 13.8 Å². The van der Waals surface area contributed by atoms with Crippen LogP contribution in [0.5, 0.6) is 0 Å². The Morgan fingerprint density at radius 1 is 1.43 bits per heavy atom. The lowest BCUT2D eigenvalue weighted by Crippen LogP contribution is -2.29. The molecule has 0 aliphatic rings. The lowest BCUT2D eigenvalue weighted by Gasteiger charge is -2.16. The summed E-state index contributed by atoms with van der Waals surface area (Å²) in [4.78, 5) is 0. The number of halogens is 2. The zero-order valence-electron chi connectivity index (χ0n) is 8.43. The largest absolute Gasteiger partial charge is 0.327 e. The number of nitrogens with two attached hydrogens (primary N) is 1. The summed E-state index contributed by atoms with van der Waals surface area (Å²) in [5, 5.41) is 0.459. The van der Waals surface area contributed by atoms with Crippen molar-refractivity contribution in [3.05, 3.63) is 34.6 Å². The molecule has 0 aliphatic heterocycles. The molecule has 0 amide bonds. The molecule has 0 spiro atoms. The van der Waals surface area contributed by atoms with Crippen molar-refractivity contribution >= 4 is 11.6 Å². The first-order chi connectivity index (χ1) is 6.52. The molecule has 78 valence electrons. The number of hydrogen-bond acceptors (Lipinski definition) is 1. The molecule has 1 unspecified atom stereocenters. The predicted octanol–water partition coefficient (Wildman–Crippen LogP) is 3.00. The topological polar surface area (TPSA) is 26.0 Å². The van der Waals surface area contributed by atoms with E-state index in [4.69, 9.17) is 17.3 Å². The summed E-state index contributed by atoms with van der Waals surface area (Å²) in [6.07, 6.45) is 0.489. The van der Waals surface area contributed by atoms with Gasteiger partial charge in [0.25, 0.3) is 0 Å². The molecule has 14 heavy (non-hydrogen) atoms. The van der Waals surface area contributed by atoms with Crippen LogP contribution in [0.15, 0.2) is 18.2 Å². The van der Waals surface area contributed by atoms with Crippen LogP contribution in [0, 0.1) is 11.7 Å². The van der Waals surface area contributed by atoms with Crippen LogP contribution in [0.3, 0.4) is 0 Å². The molecular formula is C11H15ClFN. The Kier molecular flexibility index (Phi) is 3.90. The Balaban J connectivity index is 2.85. The highest BCUT2D eigenvalue weighted by molar-refractivity contribution is 6.31. The third kappa shape index (κ3) is 2.69. The maximum absolute atomic E-state index is 13.3. The fourth-order valence-corrected chi connectivity index (χ4v) is 1.44. The van der Waals surface area contributed by atoms with E-state index in [2.05, 4.69) is 0 Å². The molecule has 0 bridgehead atoms. The fourth-order valence-electron chi connectivity index (χ4n) is 1.20. The molecule has 1 atom stereocenters. The number of benzene rings is 1. The van der Waals surface area contributed by atoms with Crippen LogP contribution in [0.4, 0.5) is 4.39 Å². The Labute approximate surface area is 89.1 Å². The van der Waals surface area contributed by atoms with Crippen molar-refractivity contribution < 1.29 is 4.39 Å². The monoisotopic (exact) mass is 215 g/mol. The first kappa shape index (κ1) is 11.5. The quantitative estimate of drug-likeness (QED) is 0.824. The van der Waals surface area contributed by atoms with Crippen LogP contribution >= 0.6 is 11.6 Å². The van der Waals surface area contributed by atoms with Gasteiger partial charge in [-0.3, -0.25) is 0 Å². The Bertz CT molecular complexity index is 292. The van der Waals surface area contributed by atoms with Gasteiger partial charge in [0.05, 0.1) is 0 Å². The van der Waals surface area contributed by atoms with Crippen molar-refractivity contribution in [1.29, 1.82) is 0 Å². The molecule has 0 radical (unpaired) electrons. The van der Waals surface area contributed by atoms with Gasteiger partial charge in [-0.05, 0) is 24.5 Å². The highest BCUT2D eigenvalue weighted by Gasteiger charge is 2.13. The van der Waals surface area contributed by atoms with E-state index < -0.39 is 0 Å². The molecule has 0 saturated heterocycles. The molecule has 2 N–H and O–H groups in total. The van der Waals surface area contributed by atoms with Gasteiger partial charge in [0.2, 0.25) is 0 Å². The molecule has 1 nitrogen and oxygen atoms in total. The summed E-state index contributed by atoms with van der Waals surface area (Å²) in [7, 11) is 0. The highest BCUT2D eigenvalue weighted by Crippen LogP contribution is 2.21. The molecule has 0 saturated carbocycles. The molecule has 0 aliphatic carbocycles. The minimum atomic E-state index is -0.270. The van der Waals surface area contributed by atoms with Crippen LogP contribution in [0.1, 0.15) is 19.4 Å². The van der Waals surface area contributed by atoms with Gasteiger partial charge in [0.1, 0.15) is 5.82 Å². The van der Waals surface area contributed by atoms with Gasteiger partial charge in [-0.25, -0.2) is 4.39 Å². The molecular weight excluding hydrogens is 201 g/mol. The third-order valence-electron chi connectivity index (χ3n) is 2.36. The van der Waals surface area contributed by atoms with E-state index in [-0.39, 0.29) is 11.9 Å². The molecule has 1 rings (SSSR count). The summed E-state index contributed by atoms with van der Waals surface area (Å²) in [6, 6.07) is 4.65. The Morgan fingerprint density at radius 2 is 2.07 bits per heavy atom. The summed E-state index contributed by atoms with van der Waals surface area (Å²) in [5.74, 6) is 0.0549. The lowest BCUT2D eigenvalue weighted by atomic mass is 9.97. The van der Waals surface area contributed by atoms with Gasteiger partial charge in [0, 0.05) is 16.6 Å². The van der Waals surface area contributed by atoms with Gasteiger partial charge in [-0.15, -0.1) is 0 Å². The fraction of sp³-hybridized carbons (Fsp3) is 0.455. The van der Waals surface area contributed by atoms with Crippen LogP contribution in [0.25, 0.3) is 0 Å². The molecule has 1 aromatic rings. The third-order valence-corrected chi connectivity index (χ3v) is 2.71. The standard InChI is InChI=1S/C11H15ClFN/c1-7(2)11(14)6-8-9(12)4-3-5-10(8)13/h3-5,7,11H,6,14H2,1-2H3. The maximum atomic E-state index is 13.3. The zero-order valence-corrected chi connectivity index (χ0v) is 9.18. The van der Waals surface area contributed by atoms with E-state index in [1.54, 1.807) is 12.1 Å². The van der Waals surface area contributed by atoms with E-state index in [1.165, 1.54) is 6.07 Å². The van der Waals surface area contributed by atoms with E-state index in [0.717, 1.165) is 0 Å². The van der Waals surface area contributed by atoms with Gasteiger partial charge < -0.3 is 5.73 Å². The predicted molar refractivity (Wildman–Crippen MR) is 57.9 cm³/mol. The summed E-state index contributed by atoms with van der Waals surface area (Å²) < 4.78 is 13.3. The number of rotatable bonds is 3. The first-order valence-electron chi connectivity index (χ1n) is 4.71.